The van der Waals surface area contributed by atoms with Gasteiger partial charge in [-0.3, -0.25) is 10.2 Å². The normalized spacial score (nSPS) is 15.1. The van der Waals surface area contributed by atoms with Crippen LogP contribution in [0.15, 0.2) is 47.6 Å². The number of carbonyl (C=O) groups is 1. The summed E-state index contributed by atoms with van der Waals surface area (Å²) in [6.45, 7) is 5.82. The predicted octanol–water partition coefficient (Wildman–Crippen LogP) is 7.29. The SMILES string of the molecule is CC(=O)c1nc(-c2ccc3c(c2)/C(=N/Nc2nc4ccccc4s2)CCCC3)sc1C(C)C. The number of ketones is 1. The third-order valence-corrected chi connectivity index (χ3v) is 8.22. The second-order valence-electron chi connectivity index (χ2n) is 8.68. The highest BCUT2D eigenvalue weighted by molar-refractivity contribution is 7.22. The van der Waals surface area contributed by atoms with Crippen molar-refractivity contribution in [3.63, 3.8) is 0 Å². The van der Waals surface area contributed by atoms with Crippen molar-refractivity contribution in [2.24, 2.45) is 5.10 Å². The minimum absolute atomic E-state index is 0.0262. The van der Waals surface area contributed by atoms with Crippen LogP contribution in [0.1, 0.15) is 72.4 Å². The van der Waals surface area contributed by atoms with Crippen molar-refractivity contribution < 1.29 is 4.79 Å². The topological polar surface area (TPSA) is 67.2 Å². The summed E-state index contributed by atoms with van der Waals surface area (Å²) in [5.74, 6) is 0.296. The van der Waals surface area contributed by atoms with Crippen molar-refractivity contribution in [2.45, 2.75) is 52.4 Å². The minimum atomic E-state index is 0.0262. The average molecular weight is 475 g/mol. The molecule has 2 heterocycles. The molecule has 0 amide bonds. The van der Waals surface area contributed by atoms with Crippen LogP contribution in [0.2, 0.25) is 0 Å². The van der Waals surface area contributed by atoms with E-state index in [1.165, 1.54) is 11.1 Å². The van der Waals surface area contributed by atoms with E-state index in [0.29, 0.717) is 5.69 Å². The van der Waals surface area contributed by atoms with Crippen molar-refractivity contribution >= 4 is 49.5 Å². The van der Waals surface area contributed by atoms with Gasteiger partial charge in [0, 0.05) is 22.9 Å². The maximum Gasteiger partial charge on any atom is 0.204 e. The number of anilines is 1. The molecule has 2 aromatic heterocycles. The Bertz CT molecular complexity index is 1330. The minimum Gasteiger partial charge on any atom is -0.293 e. The van der Waals surface area contributed by atoms with Crippen LogP contribution in [0.3, 0.4) is 0 Å². The van der Waals surface area contributed by atoms with Gasteiger partial charge < -0.3 is 0 Å². The molecule has 0 bridgehead atoms. The first-order chi connectivity index (χ1) is 16.0. The van der Waals surface area contributed by atoms with Crippen LogP contribution < -0.4 is 5.43 Å². The van der Waals surface area contributed by atoms with Crippen LogP contribution in [0, 0.1) is 0 Å². The molecule has 0 saturated heterocycles. The zero-order chi connectivity index (χ0) is 22.9. The first-order valence-electron chi connectivity index (χ1n) is 11.3. The third-order valence-electron chi connectivity index (χ3n) is 5.87. The summed E-state index contributed by atoms with van der Waals surface area (Å²) in [7, 11) is 0. The molecule has 0 radical (unpaired) electrons. The summed E-state index contributed by atoms with van der Waals surface area (Å²) in [4.78, 5) is 22.6. The molecule has 1 aliphatic carbocycles. The van der Waals surface area contributed by atoms with Gasteiger partial charge in [0.15, 0.2) is 5.78 Å². The van der Waals surface area contributed by atoms with Crippen LogP contribution in [0.5, 0.6) is 0 Å². The number of fused-ring (bicyclic) bond motifs is 2. The first-order valence-corrected chi connectivity index (χ1v) is 13.0. The van der Waals surface area contributed by atoms with Gasteiger partial charge in [0.2, 0.25) is 5.13 Å². The van der Waals surface area contributed by atoms with Crippen molar-refractivity contribution in [3.05, 3.63) is 64.2 Å². The van der Waals surface area contributed by atoms with Gasteiger partial charge >= 0.3 is 0 Å². The molecule has 1 N–H and O–H groups in total. The Morgan fingerprint density at radius 2 is 1.88 bits per heavy atom. The van der Waals surface area contributed by atoms with E-state index in [4.69, 9.17) is 10.1 Å². The quantitative estimate of drug-likeness (QED) is 0.187. The van der Waals surface area contributed by atoms with Gasteiger partial charge in [-0.15, -0.1) is 11.3 Å². The molecule has 7 heteroatoms. The lowest BCUT2D eigenvalue weighted by molar-refractivity contribution is 0.101. The number of aryl methyl sites for hydroxylation is 1. The molecule has 0 saturated carbocycles. The number of nitrogens with one attached hydrogen (secondary N) is 1. The summed E-state index contributed by atoms with van der Waals surface area (Å²) in [5.41, 5.74) is 9.38. The molecule has 0 unspecified atom stereocenters. The number of aromatic nitrogens is 2. The van der Waals surface area contributed by atoms with Crippen LogP contribution >= 0.6 is 22.7 Å². The van der Waals surface area contributed by atoms with Gasteiger partial charge in [0.05, 0.1) is 15.9 Å². The molecular formula is C26H26N4OS2. The number of rotatable bonds is 5. The summed E-state index contributed by atoms with van der Waals surface area (Å²) < 4.78 is 1.15. The van der Waals surface area contributed by atoms with Crippen LogP contribution in [0.4, 0.5) is 5.13 Å². The van der Waals surface area contributed by atoms with Gasteiger partial charge in [-0.2, -0.15) is 5.10 Å². The van der Waals surface area contributed by atoms with Gasteiger partial charge in [0.1, 0.15) is 10.7 Å². The zero-order valence-electron chi connectivity index (χ0n) is 19.0. The first kappa shape index (κ1) is 21.9. The fraction of sp³-hybridized carbons (Fsp3) is 0.308. The Balaban J connectivity index is 1.51. The number of hydrazone groups is 1. The summed E-state index contributed by atoms with van der Waals surface area (Å²) in [6, 6.07) is 14.7. The Labute approximate surface area is 201 Å². The number of para-hydroxylation sites is 1. The number of hydrogen-bond donors (Lipinski definition) is 1. The van der Waals surface area contributed by atoms with E-state index in [9.17, 15) is 4.79 Å². The zero-order valence-corrected chi connectivity index (χ0v) is 20.6. The standard InChI is InChI=1S/C26H26N4OS2/c1-15(2)24-23(16(3)31)28-25(33-24)18-13-12-17-8-4-5-9-20(19(17)14-18)29-30-26-27-21-10-6-7-11-22(21)32-26/h6-7,10-15H,4-5,8-9H2,1-3H3,(H,27,30)/b29-20+. The highest BCUT2D eigenvalue weighted by Gasteiger charge is 2.21. The molecule has 2 aromatic carbocycles. The van der Waals surface area contributed by atoms with Gasteiger partial charge in [-0.1, -0.05) is 49.4 Å². The highest BCUT2D eigenvalue weighted by Crippen LogP contribution is 2.35. The number of nitrogens with zero attached hydrogens (tertiary/aromatic N) is 3. The van der Waals surface area contributed by atoms with E-state index >= 15 is 0 Å². The number of benzene rings is 2. The monoisotopic (exact) mass is 474 g/mol. The Hall–Kier alpha value is -2.90. The van der Waals surface area contributed by atoms with Crippen molar-refractivity contribution in [1.29, 1.82) is 0 Å². The Morgan fingerprint density at radius 3 is 2.64 bits per heavy atom. The molecule has 4 aromatic rings. The molecule has 1 aliphatic rings. The highest BCUT2D eigenvalue weighted by atomic mass is 32.1. The van der Waals surface area contributed by atoms with E-state index in [1.54, 1.807) is 29.6 Å². The van der Waals surface area contributed by atoms with E-state index in [1.807, 2.05) is 18.2 Å². The maximum absolute atomic E-state index is 12.1. The average Bonchev–Trinajstić information content (AvgIpc) is 3.38. The van der Waals surface area contributed by atoms with E-state index in [2.05, 4.69) is 48.5 Å². The number of carbonyl (C=O) groups excluding carboxylic acids is 1. The molecule has 5 nitrogen and oxygen atoms in total. The second kappa shape index (κ2) is 9.15. The summed E-state index contributed by atoms with van der Waals surface area (Å²) in [6.07, 6.45) is 4.22. The second-order valence-corrected chi connectivity index (χ2v) is 10.7. The smallest absolute Gasteiger partial charge is 0.204 e. The van der Waals surface area contributed by atoms with E-state index in [0.717, 1.165) is 62.2 Å². The molecule has 168 valence electrons. The Morgan fingerprint density at radius 1 is 1.06 bits per heavy atom. The molecule has 33 heavy (non-hydrogen) atoms. The fourth-order valence-corrected chi connectivity index (χ4v) is 6.11. The van der Waals surface area contributed by atoms with E-state index < -0.39 is 0 Å². The summed E-state index contributed by atoms with van der Waals surface area (Å²) >= 11 is 3.24. The number of Topliss-reactive ketones (excluding diaryl/α,β-unsaturated/α-hetero) is 1. The maximum atomic E-state index is 12.1. The van der Waals surface area contributed by atoms with Gasteiger partial charge in [0.25, 0.3) is 0 Å². The number of thiazole rings is 2. The lowest BCUT2D eigenvalue weighted by Gasteiger charge is -2.10. The molecule has 0 aliphatic heterocycles. The van der Waals surface area contributed by atoms with Crippen molar-refractivity contribution in [3.8, 4) is 10.6 Å². The van der Waals surface area contributed by atoms with Crippen molar-refractivity contribution in [1.82, 2.24) is 9.97 Å². The molecule has 0 fully saturated rings. The largest absolute Gasteiger partial charge is 0.293 e. The molecular weight excluding hydrogens is 448 g/mol. The van der Waals surface area contributed by atoms with Gasteiger partial charge in [-0.25, -0.2) is 9.97 Å². The molecule has 5 rings (SSSR count). The van der Waals surface area contributed by atoms with Gasteiger partial charge in [-0.05, 0) is 55.4 Å². The lowest BCUT2D eigenvalue weighted by Crippen LogP contribution is -2.06. The Kier molecular flexibility index (Phi) is 6.08. The van der Waals surface area contributed by atoms with Crippen LogP contribution in [-0.4, -0.2) is 21.5 Å². The lowest BCUT2D eigenvalue weighted by atomic mass is 9.99. The van der Waals surface area contributed by atoms with Crippen molar-refractivity contribution in [2.75, 3.05) is 5.43 Å². The summed E-state index contributed by atoms with van der Waals surface area (Å²) in [5, 5.41) is 6.51. The predicted molar refractivity (Wildman–Crippen MR) is 139 cm³/mol. The number of hydrogen-bond acceptors (Lipinski definition) is 7. The fourth-order valence-electron chi connectivity index (χ4n) is 4.19. The van der Waals surface area contributed by atoms with Crippen LogP contribution in [-0.2, 0) is 6.42 Å². The molecule has 0 spiro atoms. The van der Waals surface area contributed by atoms with E-state index in [-0.39, 0.29) is 11.7 Å². The third kappa shape index (κ3) is 4.48. The van der Waals surface area contributed by atoms with Crippen LogP contribution in [0.25, 0.3) is 20.8 Å². The molecule has 0 atom stereocenters.